The van der Waals surface area contributed by atoms with E-state index in [1.165, 1.54) is 6.42 Å². The van der Waals surface area contributed by atoms with Crippen LogP contribution in [0.15, 0.2) is 0 Å². The highest BCUT2D eigenvalue weighted by molar-refractivity contribution is 5.79. The molecule has 0 spiro atoms. The molecule has 1 rings (SSSR count). The summed E-state index contributed by atoms with van der Waals surface area (Å²) in [7, 11) is 0. The Morgan fingerprint density at radius 1 is 1.47 bits per heavy atom. The molecule has 4 heteroatoms. The van der Waals surface area contributed by atoms with Crippen LogP contribution < -0.4 is 5.73 Å². The highest BCUT2D eigenvalue weighted by Gasteiger charge is 2.25. The van der Waals surface area contributed by atoms with Crippen molar-refractivity contribution < 1.29 is 9.53 Å². The van der Waals surface area contributed by atoms with E-state index in [0.29, 0.717) is 13.0 Å². The molecule has 0 aromatic rings. The van der Waals surface area contributed by atoms with Crippen LogP contribution in [0.1, 0.15) is 32.6 Å². The van der Waals surface area contributed by atoms with Crippen LogP contribution in [0.3, 0.4) is 0 Å². The molecule has 1 fully saturated rings. The van der Waals surface area contributed by atoms with Gasteiger partial charge < -0.3 is 15.4 Å². The fourth-order valence-corrected chi connectivity index (χ4v) is 1.72. The molecule has 0 aromatic carbocycles. The molecule has 15 heavy (non-hydrogen) atoms. The monoisotopic (exact) mass is 214 g/mol. The van der Waals surface area contributed by atoms with Gasteiger partial charge in [-0.3, -0.25) is 4.79 Å². The summed E-state index contributed by atoms with van der Waals surface area (Å²) in [4.78, 5) is 13.2. The Bertz CT molecular complexity index is 197. The maximum Gasteiger partial charge on any atom is 0.224 e. The molecule has 88 valence electrons. The number of unbranched alkanes of at least 4 members (excludes halogenated alkanes) is 1. The van der Waals surface area contributed by atoms with Crippen molar-refractivity contribution in [2.45, 2.75) is 38.6 Å². The first-order valence-electron chi connectivity index (χ1n) is 5.85. The Balaban J connectivity index is 1.98. The van der Waals surface area contributed by atoms with Crippen LogP contribution in [0.25, 0.3) is 0 Å². The molecule has 4 nitrogen and oxygen atoms in total. The SMILES string of the molecule is CCCCOCCCN1CC(N)CC1=O. The van der Waals surface area contributed by atoms with Gasteiger partial charge >= 0.3 is 0 Å². The Hall–Kier alpha value is -0.610. The van der Waals surface area contributed by atoms with E-state index >= 15 is 0 Å². The summed E-state index contributed by atoms with van der Waals surface area (Å²) in [6, 6.07) is 0.0403. The van der Waals surface area contributed by atoms with Crippen molar-refractivity contribution in [2.24, 2.45) is 5.73 Å². The van der Waals surface area contributed by atoms with Crippen molar-refractivity contribution in [3.05, 3.63) is 0 Å². The second-order valence-corrected chi connectivity index (χ2v) is 4.12. The van der Waals surface area contributed by atoms with Gasteiger partial charge in [-0.2, -0.15) is 0 Å². The van der Waals surface area contributed by atoms with Gasteiger partial charge in [-0.25, -0.2) is 0 Å². The number of hydrogen-bond donors (Lipinski definition) is 1. The zero-order valence-electron chi connectivity index (χ0n) is 9.58. The average molecular weight is 214 g/mol. The summed E-state index contributed by atoms with van der Waals surface area (Å²) >= 11 is 0. The van der Waals surface area contributed by atoms with E-state index in [1.54, 1.807) is 0 Å². The Morgan fingerprint density at radius 2 is 2.20 bits per heavy atom. The molecule has 0 bridgehead atoms. The third-order valence-electron chi connectivity index (χ3n) is 2.60. The molecule has 1 aliphatic heterocycles. The number of nitrogens with zero attached hydrogens (tertiary/aromatic N) is 1. The fourth-order valence-electron chi connectivity index (χ4n) is 1.72. The van der Waals surface area contributed by atoms with Gasteiger partial charge in [0.1, 0.15) is 0 Å². The molecule has 0 saturated carbocycles. The van der Waals surface area contributed by atoms with Gasteiger partial charge in [0, 0.05) is 38.8 Å². The predicted molar refractivity (Wildman–Crippen MR) is 59.5 cm³/mol. The number of nitrogens with two attached hydrogens (primary N) is 1. The van der Waals surface area contributed by atoms with Crippen LogP contribution in [0.2, 0.25) is 0 Å². The molecule has 0 aromatic heterocycles. The summed E-state index contributed by atoms with van der Waals surface area (Å²) in [6.07, 6.45) is 3.71. The second-order valence-electron chi connectivity index (χ2n) is 4.12. The lowest BCUT2D eigenvalue weighted by Gasteiger charge is -2.15. The number of carbonyl (C=O) groups excluding carboxylic acids is 1. The number of likely N-dealkylation sites (tertiary alicyclic amines) is 1. The Kier molecular flexibility index (Phi) is 5.65. The minimum Gasteiger partial charge on any atom is -0.381 e. The first-order chi connectivity index (χ1) is 7.24. The molecule has 1 aliphatic rings. The maximum atomic E-state index is 11.4. The molecular weight excluding hydrogens is 192 g/mol. The zero-order chi connectivity index (χ0) is 11.1. The normalized spacial score (nSPS) is 21.3. The van der Waals surface area contributed by atoms with Crippen LogP contribution in [-0.4, -0.2) is 43.2 Å². The highest BCUT2D eigenvalue weighted by Crippen LogP contribution is 2.09. The molecule has 1 atom stereocenters. The molecule has 1 heterocycles. The van der Waals surface area contributed by atoms with E-state index in [1.807, 2.05) is 4.90 Å². The standard InChI is InChI=1S/C11H22N2O2/c1-2-3-6-15-7-4-5-13-9-10(12)8-11(13)14/h10H,2-9,12H2,1H3. The first-order valence-corrected chi connectivity index (χ1v) is 5.85. The number of amides is 1. The van der Waals surface area contributed by atoms with E-state index < -0.39 is 0 Å². The predicted octanol–water partition coefficient (Wildman–Crippen LogP) is 0.753. The van der Waals surface area contributed by atoms with E-state index in [-0.39, 0.29) is 11.9 Å². The van der Waals surface area contributed by atoms with Gasteiger partial charge in [0.05, 0.1) is 0 Å². The van der Waals surface area contributed by atoms with Crippen LogP contribution in [0, 0.1) is 0 Å². The van der Waals surface area contributed by atoms with E-state index in [2.05, 4.69) is 6.92 Å². The lowest BCUT2D eigenvalue weighted by molar-refractivity contribution is -0.127. The van der Waals surface area contributed by atoms with Crippen molar-refractivity contribution in [1.82, 2.24) is 4.90 Å². The number of ether oxygens (including phenoxy) is 1. The summed E-state index contributed by atoms with van der Waals surface area (Å²) in [5.41, 5.74) is 5.69. The first kappa shape index (κ1) is 12.5. The molecule has 1 amide bonds. The van der Waals surface area contributed by atoms with Crippen molar-refractivity contribution in [3.63, 3.8) is 0 Å². The van der Waals surface area contributed by atoms with Crippen molar-refractivity contribution in [1.29, 1.82) is 0 Å². The minimum atomic E-state index is 0.0403. The molecular formula is C11H22N2O2. The summed E-state index contributed by atoms with van der Waals surface area (Å²) < 4.78 is 5.43. The van der Waals surface area contributed by atoms with Gasteiger partial charge in [0.25, 0.3) is 0 Å². The van der Waals surface area contributed by atoms with Gasteiger partial charge in [-0.05, 0) is 12.8 Å². The summed E-state index contributed by atoms with van der Waals surface area (Å²) in [6.45, 7) is 5.24. The van der Waals surface area contributed by atoms with Crippen molar-refractivity contribution in [3.8, 4) is 0 Å². The quantitative estimate of drug-likeness (QED) is 0.636. The van der Waals surface area contributed by atoms with Gasteiger partial charge in [0.2, 0.25) is 5.91 Å². The molecule has 2 N–H and O–H groups in total. The van der Waals surface area contributed by atoms with Crippen LogP contribution in [0.5, 0.6) is 0 Å². The maximum absolute atomic E-state index is 11.4. The largest absolute Gasteiger partial charge is 0.381 e. The van der Waals surface area contributed by atoms with Crippen molar-refractivity contribution in [2.75, 3.05) is 26.3 Å². The van der Waals surface area contributed by atoms with Crippen LogP contribution in [0.4, 0.5) is 0 Å². The third kappa shape index (κ3) is 4.62. The van der Waals surface area contributed by atoms with E-state index in [4.69, 9.17) is 10.5 Å². The topological polar surface area (TPSA) is 55.6 Å². The van der Waals surface area contributed by atoms with E-state index in [0.717, 1.165) is 32.6 Å². The lowest BCUT2D eigenvalue weighted by Crippen LogP contribution is -2.29. The van der Waals surface area contributed by atoms with E-state index in [9.17, 15) is 4.79 Å². The van der Waals surface area contributed by atoms with Crippen LogP contribution in [-0.2, 0) is 9.53 Å². The number of carbonyl (C=O) groups is 1. The smallest absolute Gasteiger partial charge is 0.224 e. The minimum absolute atomic E-state index is 0.0403. The van der Waals surface area contributed by atoms with Crippen molar-refractivity contribution >= 4 is 5.91 Å². The fraction of sp³-hybridized carbons (Fsp3) is 0.909. The summed E-state index contributed by atoms with van der Waals surface area (Å²) in [5.74, 6) is 0.191. The third-order valence-corrected chi connectivity index (χ3v) is 2.60. The second kappa shape index (κ2) is 6.80. The molecule has 0 aliphatic carbocycles. The van der Waals surface area contributed by atoms with Gasteiger partial charge in [-0.15, -0.1) is 0 Å². The zero-order valence-corrected chi connectivity index (χ0v) is 9.58. The van der Waals surface area contributed by atoms with Gasteiger partial charge in [-0.1, -0.05) is 13.3 Å². The van der Waals surface area contributed by atoms with Gasteiger partial charge in [0.15, 0.2) is 0 Å². The molecule has 1 unspecified atom stereocenters. The summed E-state index contributed by atoms with van der Waals surface area (Å²) in [5, 5.41) is 0. The Morgan fingerprint density at radius 3 is 2.80 bits per heavy atom. The van der Waals surface area contributed by atoms with Crippen LogP contribution >= 0.6 is 0 Å². The lowest BCUT2D eigenvalue weighted by atomic mass is 10.3. The average Bonchev–Trinajstić information content (AvgIpc) is 2.51. The Labute approximate surface area is 91.8 Å². The molecule has 0 radical (unpaired) electrons. The number of rotatable bonds is 7. The number of hydrogen-bond acceptors (Lipinski definition) is 3. The molecule has 1 saturated heterocycles. The highest BCUT2D eigenvalue weighted by atomic mass is 16.5.